The zero-order valence-electron chi connectivity index (χ0n) is 14.4. The van der Waals surface area contributed by atoms with Crippen molar-refractivity contribution in [3.05, 3.63) is 59.9 Å². The first-order chi connectivity index (χ1) is 13.1. The van der Waals surface area contributed by atoms with E-state index in [0.29, 0.717) is 12.1 Å². The highest BCUT2D eigenvalue weighted by Gasteiger charge is 2.65. The lowest BCUT2D eigenvalue weighted by Gasteiger charge is -2.36. The maximum atomic E-state index is 13.5. The zero-order chi connectivity index (χ0) is 18.6. The molecule has 3 aliphatic rings. The number of hydrogen-bond acceptors (Lipinski definition) is 4. The van der Waals surface area contributed by atoms with Crippen LogP contribution in [0.1, 0.15) is 12.0 Å². The molecule has 138 valence electrons. The smallest absolute Gasteiger partial charge is 0.250 e. The molecule has 5 rings (SSSR count). The largest absolute Gasteiger partial charge is 0.326 e. The van der Waals surface area contributed by atoms with Crippen molar-refractivity contribution in [2.24, 2.45) is 5.92 Å². The monoisotopic (exact) mass is 383 g/mol. The molecule has 3 aliphatic heterocycles. The fourth-order valence-corrected chi connectivity index (χ4v) is 6.00. The fourth-order valence-electron chi connectivity index (χ4n) is 4.70. The molecule has 2 fully saturated rings. The number of nitrogens with zero attached hydrogens (tertiary/aromatic N) is 1. The highest BCUT2D eigenvalue weighted by Crippen LogP contribution is 2.55. The van der Waals surface area contributed by atoms with Gasteiger partial charge in [-0.2, -0.15) is 0 Å². The summed E-state index contributed by atoms with van der Waals surface area (Å²) in [6.07, 6.45) is 0.607. The van der Waals surface area contributed by atoms with Crippen LogP contribution >= 0.6 is 11.8 Å². The van der Waals surface area contributed by atoms with Crippen molar-refractivity contribution in [2.45, 2.75) is 18.0 Å². The summed E-state index contributed by atoms with van der Waals surface area (Å²) < 4.78 is 13.5. The van der Waals surface area contributed by atoms with E-state index in [0.717, 1.165) is 22.9 Å². The number of para-hydroxylation sites is 1. The lowest BCUT2D eigenvalue weighted by molar-refractivity contribution is -0.134. The predicted molar refractivity (Wildman–Crippen MR) is 103 cm³/mol. The van der Waals surface area contributed by atoms with Gasteiger partial charge in [-0.15, -0.1) is 11.8 Å². The number of nitrogens with one attached hydrogen (secondary N) is 2. The summed E-state index contributed by atoms with van der Waals surface area (Å²) in [5.74, 6) is 0.294. The molecule has 3 unspecified atom stereocenters. The van der Waals surface area contributed by atoms with Crippen molar-refractivity contribution >= 4 is 35.0 Å². The Balaban J connectivity index is 1.57. The van der Waals surface area contributed by atoms with Crippen LogP contribution in [0.4, 0.5) is 15.8 Å². The molecule has 7 heteroatoms. The van der Waals surface area contributed by atoms with E-state index in [2.05, 4.69) is 15.5 Å². The average molecular weight is 383 g/mol. The van der Waals surface area contributed by atoms with Gasteiger partial charge in [0.05, 0.1) is 5.92 Å². The number of anilines is 2. The van der Waals surface area contributed by atoms with E-state index in [1.165, 1.54) is 12.1 Å². The minimum absolute atomic E-state index is 0.145. The summed E-state index contributed by atoms with van der Waals surface area (Å²) in [4.78, 5) is 28.6. The van der Waals surface area contributed by atoms with Gasteiger partial charge < -0.3 is 10.6 Å². The average Bonchev–Trinajstić information content (AvgIpc) is 3.30. The van der Waals surface area contributed by atoms with Gasteiger partial charge >= 0.3 is 0 Å². The van der Waals surface area contributed by atoms with Gasteiger partial charge in [-0.3, -0.25) is 14.5 Å². The van der Waals surface area contributed by atoms with Crippen molar-refractivity contribution in [3.63, 3.8) is 0 Å². The van der Waals surface area contributed by atoms with Crippen LogP contribution in [0.15, 0.2) is 48.5 Å². The Labute approximate surface area is 160 Å². The third kappa shape index (κ3) is 2.34. The molecule has 3 atom stereocenters. The Kier molecular flexibility index (Phi) is 3.77. The van der Waals surface area contributed by atoms with E-state index < -0.39 is 17.3 Å². The first-order valence-corrected chi connectivity index (χ1v) is 10.1. The van der Waals surface area contributed by atoms with Gasteiger partial charge in [0.15, 0.2) is 0 Å². The topological polar surface area (TPSA) is 61.4 Å². The molecular weight excluding hydrogens is 365 g/mol. The van der Waals surface area contributed by atoms with Crippen LogP contribution in [0.5, 0.6) is 0 Å². The third-order valence-corrected chi connectivity index (χ3v) is 6.87. The van der Waals surface area contributed by atoms with Crippen molar-refractivity contribution in [1.29, 1.82) is 0 Å². The second-order valence-corrected chi connectivity index (χ2v) is 8.18. The van der Waals surface area contributed by atoms with Gasteiger partial charge in [-0.25, -0.2) is 4.39 Å². The molecule has 2 aromatic rings. The standard InChI is InChI=1S/C20H18FN3O2S/c21-12-4-3-5-13(8-12)22-18(25)16-9-14-10-27-11-24(14)20(16)15-6-1-2-7-17(15)23-19(20)26/h1-8,14,16H,9-11H2,(H,22,25)(H,23,26). The van der Waals surface area contributed by atoms with E-state index in [1.54, 1.807) is 23.9 Å². The number of amides is 2. The molecule has 0 saturated carbocycles. The van der Waals surface area contributed by atoms with Crippen LogP contribution in [-0.2, 0) is 15.1 Å². The van der Waals surface area contributed by atoms with E-state index in [1.807, 2.05) is 24.3 Å². The summed E-state index contributed by atoms with van der Waals surface area (Å²) >= 11 is 1.79. The molecule has 0 aromatic heterocycles. The second-order valence-electron chi connectivity index (χ2n) is 7.18. The van der Waals surface area contributed by atoms with Gasteiger partial charge in [0.2, 0.25) is 11.8 Å². The maximum Gasteiger partial charge on any atom is 0.250 e. The summed E-state index contributed by atoms with van der Waals surface area (Å²) in [6, 6.07) is 13.6. The van der Waals surface area contributed by atoms with Crippen LogP contribution in [0.2, 0.25) is 0 Å². The van der Waals surface area contributed by atoms with Crippen LogP contribution in [-0.4, -0.2) is 34.4 Å². The van der Waals surface area contributed by atoms with Crippen molar-refractivity contribution in [2.75, 3.05) is 22.3 Å². The van der Waals surface area contributed by atoms with Crippen molar-refractivity contribution in [1.82, 2.24) is 4.90 Å². The Morgan fingerprint density at radius 2 is 2.11 bits per heavy atom. The SMILES string of the molecule is O=C(Nc1cccc(F)c1)C1CC2CSCN2C12C(=O)Nc1ccccc12. The molecule has 2 saturated heterocycles. The minimum atomic E-state index is -0.998. The summed E-state index contributed by atoms with van der Waals surface area (Å²) in [5.41, 5.74) is 1.04. The molecule has 2 N–H and O–H groups in total. The highest BCUT2D eigenvalue weighted by molar-refractivity contribution is 7.99. The normalized spacial score (nSPS) is 28.9. The molecule has 0 aliphatic carbocycles. The Morgan fingerprint density at radius 3 is 2.96 bits per heavy atom. The first kappa shape index (κ1) is 16.8. The molecule has 0 radical (unpaired) electrons. The molecule has 1 spiro atoms. The van der Waals surface area contributed by atoms with Crippen molar-refractivity contribution < 1.29 is 14.0 Å². The van der Waals surface area contributed by atoms with E-state index >= 15 is 0 Å². The number of carbonyl (C=O) groups is 2. The van der Waals surface area contributed by atoms with Gasteiger partial charge in [0.25, 0.3) is 0 Å². The molecular formula is C20H18FN3O2S. The Morgan fingerprint density at radius 1 is 1.26 bits per heavy atom. The van der Waals surface area contributed by atoms with Crippen LogP contribution in [0.25, 0.3) is 0 Å². The molecule has 3 heterocycles. The number of hydrogen-bond donors (Lipinski definition) is 2. The molecule has 2 aromatic carbocycles. The van der Waals surface area contributed by atoms with Gasteiger partial charge in [0, 0.05) is 34.6 Å². The van der Waals surface area contributed by atoms with E-state index in [-0.39, 0.29) is 17.9 Å². The van der Waals surface area contributed by atoms with Gasteiger partial charge in [-0.1, -0.05) is 24.3 Å². The summed E-state index contributed by atoms with van der Waals surface area (Å²) in [6.45, 7) is 0. The molecule has 5 nitrogen and oxygen atoms in total. The summed E-state index contributed by atoms with van der Waals surface area (Å²) in [5, 5.41) is 5.79. The second kappa shape index (κ2) is 6.07. The first-order valence-electron chi connectivity index (χ1n) is 8.92. The highest BCUT2D eigenvalue weighted by atomic mass is 32.2. The van der Waals surface area contributed by atoms with Crippen LogP contribution < -0.4 is 10.6 Å². The summed E-state index contributed by atoms with van der Waals surface area (Å²) in [7, 11) is 0. The lowest BCUT2D eigenvalue weighted by atomic mass is 9.79. The maximum absolute atomic E-state index is 13.5. The number of thioether (sulfide) groups is 1. The number of fused-ring (bicyclic) bond motifs is 4. The van der Waals surface area contributed by atoms with Crippen molar-refractivity contribution in [3.8, 4) is 0 Å². The fraction of sp³-hybridized carbons (Fsp3) is 0.300. The molecule has 27 heavy (non-hydrogen) atoms. The quantitative estimate of drug-likeness (QED) is 0.837. The Hall–Kier alpha value is -2.38. The number of halogens is 1. The lowest BCUT2D eigenvalue weighted by Crippen LogP contribution is -2.53. The predicted octanol–water partition coefficient (Wildman–Crippen LogP) is 3.01. The number of carbonyl (C=O) groups excluding carboxylic acids is 2. The van der Waals surface area contributed by atoms with Crippen LogP contribution in [0, 0.1) is 11.7 Å². The van der Waals surface area contributed by atoms with Gasteiger partial charge in [-0.05, 0) is 30.7 Å². The van der Waals surface area contributed by atoms with Gasteiger partial charge in [0.1, 0.15) is 11.4 Å². The number of rotatable bonds is 2. The molecule has 2 amide bonds. The number of benzene rings is 2. The third-order valence-electron chi connectivity index (χ3n) is 5.79. The molecule has 0 bridgehead atoms. The Bertz CT molecular complexity index is 952. The van der Waals surface area contributed by atoms with E-state index in [9.17, 15) is 14.0 Å². The van der Waals surface area contributed by atoms with Crippen LogP contribution in [0.3, 0.4) is 0 Å². The van der Waals surface area contributed by atoms with E-state index in [4.69, 9.17) is 0 Å². The minimum Gasteiger partial charge on any atom is -0.326 e. The zero-order valence-corrected chi connectivity index (χ0v) is 15.3.